The minimum atomic E-state index is -0.755. The standard InChI is InChI=1S/C25H22BrClN4O5S/c1-4-29(5-2)24(34)20-13(3)28-25-30(21(20)14-6-8-16(27)9-7-14)23(33)19(37-25)11-15-10-17(31(35)36)12-18(26)22(15)32/h6-12,21,32H,4-5H2,1-3H3/b19-11+/t21-/m1/s1. The van der Waals surface area contributed by atoms with Crippen molar-refractivity contribution in [1.29, 1.82) is 0 Å². The molecule has 4 rings (SSSR count). The Hall–Kier alpha value is -3.28. The second-order valence-electron chi connectivity index (χ2n) is 8.23. The van der Waals surface area contributed by atoms with E-state index in [1.807, 2.05) is 13.8 Å². The fraction of sp³-hybridized carbons (Fsp3) is 0.240. The molecule has 0 saturated carbocycles. The number of rotatable bonds is 6. The highest BCUT2D eigenvalue weighted by molar-refractivity contribution is 9.10. The second-order valence-corrected chi connectivity index (χ2v) is 10.5. The lowest BCUT2D eigenvalue weighted by molar-refractivity contribution is -0.385. The van der Waals surface area contributed by atoms with E-state index in [0.29, 0.717) is 39.7 Å². The molecule has 0 bridgehead atoms. The molecule has 1 atom stereocenters. The normalized spacial score (nSPS) is 15.4. The average molecular weight is 606 g/mol. The van der Waals surface area contributed by atoms with E-state index in [1.54, 1.807) is 36.1 Å². The lowest BCUT2D eigenvalue weighted by Crippen LogP contribution is -2.43. The van der Waals surface area contributed by atoms with Gasteiger partial charge in [0.15, 0.2) is 4.80 Å². The Balaban J connectivity index is 1.99. The van der Waals surface area contributed by atoms with E-state index in [-0.39, 0.29) is 31.9 Å². The lowest BCUT2D eigenvalue weighted by atomic mass is 9.94. The third-order valence-electron chi connectivity index (χ3n) is 6.06. The molecular weight excluding hydrogens is 584 g/mol. The summed E-state index contributed by atoms with van der Waals surface area (Å²) in [6.45, 7) is 6.48. The van der Waals surface area contributed by atoms with Gasteiger partial charge in [-0.15, -0.1) is 0 Å². The minimum Gasteiger partial charge on any atom is -0.506 e. The smallest absolute Gasteiger partial charge is 0.271 e. The van der Waals surface area contributed by atoms with Gasteiger partial charge in [-0.1, -0.05) is 35.1 Å². The largest absolute Gasteiger partial charge is 0.506 e. The molecule has 0 unspecified atom stereocenters. The number of halogens is 2. The third-order valence-corrected chi connectivity index (χ3v) is 7.90. The van der Waals surface area contributed by atoms with Crippen molar-refractivity contribution in [3.63, 3.8) is 0 Å². The van der Waals surface area contributed by atoms with Crippen molar-refractivity contribution in [2.24, 2.45) is 4.99 Å². The number of likely N-dealkylation sites (N-methyl/N-ethyl adjacent to an activating group) is 1. The number of non-ortho nitro benzene ring substituents is 1. The summed E-state index contributed by atoms with van der Waals surface area (Å²) < 4.78 is 1.78. The minimum absolute atomic E-state index is 0.101. The Morgan fingerprint density at radius 3 is 2.54 bits per heavy atom. The van der Waals surface area contributed by atoms with Crippen LogP contribution >= 0.6 is 38.9 Å². The molecule has 2 aromatic carbocycles. The van der Waals surface area contributed by atoms with Crippen LogP contribution in [0.2, 0.25) is 5.02 Å². The van der Waals surface area contributed by atoms with Crippen LogP contribution in [0.1, 0.15) is 37.9 Å². The zero-order chi connectivity index (χ0) is 27.0. The maximum atomic E-state index is 13.7. The maximum absolute atomic E-state index is 13.7. The first kappa shape index (κ1) is 26.8. The monoisotopic (exact) mass is 604 g/mol. The van der Waals surface area contributed by atoms with E-state index in [1.165, 1.54) is 22.8 Å². The van der Waals surface area contributed by atoms with Crippen molar-refractivity contribution < 1.29 is 14.8 Å². The number of nitro benzene ring substituents is 1. The fourth-order valence-corrected chi connectivity index (χ4v) is 5.83. The van der Waals surface area contributed by atoms with Crippen molar-refractivity contribution in [3.8, 4) is 5.75 Å². The van der Waals surface area contributed by atoms with Gasteiger partial charge < -0.3 is 10.0 Å². The van der Waals surface area contributed by atoms with Gasteiger partial charge >= 0.3 is 0 Å². The third kappa shape index (κ3) is 4.98. The Morgan fingerprint density at radius 1 is 1.30 bits per heavy atom. The number of aromatic hydroxyl groups is 1. The highest BCUT2D eigenvalue weighted by Gasteiger charge is 2.34. The molecule has 1 amide bonds. The summed E-state index contributed by atoms with van der Waals surface area (Å²) in [5, 5.41) is 22.3. The molecule has 0 aliphatic carbocycles. The number of aromatic nitrogens is 1. The SMILES string of the molecule is CCN(CC)C(=O)C1=C(C)N=c2s/c(=C/c3cc([N+](=O)[O-])cc(Br)c3O)c(=O)n2[C@@H]1c1ccc(Cl)cc1. The average Bonchev–Trinajstić information content (AvgIpc) is 3.16. The number of nitro groups is 1. The molecule has 3 aromatic rings. The van der Waals surface area contributed by atoms with E-state index >= 15 is 0 Å². The quantitative estimate of drug-likeness (QED) is 0.335. The summed E-state index contributed by atoms with van der Waals surface area (Å²) in [6.07, 6.45) is 1.39. The van der Waals surface area contributed by atoms with Gasteiger partial charge in [0, 0.05) is 35.8 Å². The van der Waals surface area contributed by atoms with Gasteiger partial charge in [0.25, 0.3) is 17.2 Å². The molecule has 0 radical (unpaired) electrons. The Labute approximate surface area is 228 Å². The van der Waals surface area contributed by atoms with Crippen molar-refractivity contribution >= 4 is 56.5 Å². The number of carbonyl (C=O) groups excluding carboxylic acids is 1. The van der Waals surface area contributed by atoms with E-state index in [0.717, 1.165) is 11.3 Å². The van der Waals surface area contributed by atoms with E-state index in [4.69, 9.17) is 11.6 Å². The van der Waals surface area contributed by atoms with E-state index in [9.17, 15) is 24.8 Å². The van der Waals surface area contributed by atoms with E-state index < -0.39 is 16.5 Å². The number of phenolic OH excluding ortho intramolecular Hbond substituents is 1. The van der Waals surface area contributed by atoms with E-state index in [2.05, 4.69) is 20.9 Å². The number of fused-ring (bicyclic) bond motifs is 1. The molecule has 0 saturated heterocycles. The number of thiazole rings is 1. The highest BCUT2D eigenvalue weighted by Crippen LogP contribution is 2.34. The zero-order valence-corrected chi connectivity index (χ0v) is 23.2. The number of nitrogens with zero attached hydrogens (tertiary/aromatic N) is 4. The predicted molar refractivity (Wildman–Crippen MR) is 146 cm³/mol. The van der Waals surface area contributed by atoms with Crippen molar-refractivity contribution in [2.75, 3.05) is 13.1 Å². The van der Waals surface area contributed by atoms with Crippen LogP contribution in [-0.4, -0.2) is 38.5 Å². The first-order valence-electron chi connectivity index (χ1n) is 11.3. The summed E-state index contributed by atoms with van der Waals surface area (Å²) in [7, 11) is 0. The number of carbonyl (C=O) groups is 1. The maximum Gasteiger partial charge on any atom is 0.271 e. The molecular formula is C25H22BrClN4O5S. The van der Waals surface area contributed by atoms with Gasteiger partial charge in [-0.05, 0) is 60.5 Å². The summed E-state index contributed by atoms with van der Waals surface area (Å²) in [6, 6.07) is 8.54. The van der Waals surface area contributed by atoms with Gasteiger partial charge in [0.2, 0.25) is 0 Å². The lowest BCUT2D eigenvalue weighted by Gasteiger charge is -2.29. The summed E-state index contributed by atoms with van der Waals surface area (Å²) in [4.78, 5) is 44.7. The zero-order valence-electron chi connectivity index (χ0n) is 20.1. The van der Waals surface area contributed by atoms with Crippen LogP contribution in [0.15, 0.2) is 61.9 Å². The Bertz CT molecular complexity index is 1620. The number of allylic oxidation sites excluding steroid dienone is 1. The number of amides is 1. The van der Waals surface area contributed by atoms with Crippen molar-refractivity contribution in [1.82, 2.24) is 9.47 Å². The number of hydrogen-bond acceptors (Lipinski definition) is 7. The van der Waals surface area contributed by atoms with Gasteiger partial charge in [-0.3, -0.25) is 24.3 Å². The molecule has 192 valence electrons. The number of benzene rings is 2. The molecule has 37 heavy (non-hydrogen) atoms. The van der Waals surface area contributed by atoms with Crippen LogP contribution < -0.4 is 14.9 Å². The molecule has 12 heteroatoms. The summed E-state index contributed by atoms with van der Waals surface area (Å²) in [5.41, 5.74) is 0.970. The molecule has 1 N–H and O–H groups in total. The van der Waals surface area contributed by atoms with Crippen molar-refractivity contribution in [2.45, 2.75) is 26.8 Å². The Morgan fingerprint density at radius 2 is 1.95 bits per heavy atom. The van der Waals surface area contributed by atoms with Gasteiger partial charge in [0.05, 0.1) is 31.2 Å². The van der Waals surface area contributed by atoms with Gasteiger partial charge in [-0.25, -0.2) is 4.99 Å². The van der Waals surface area contributed by atoms with Crippen LogP contribution in [0.25, 0.3) is 6.08 Å². The topological polar surface area (TPSA) is 118 Å². The summed E-state index contributed by atoms with van der Waals surface area (Å²) >= 11 is 10.3. The second kappa shape index (κ2) is 10.6. The first-order chi connectivity index (χ1) is 17.6. The molecule has 2 heterocycles. The first-order valence-corrected chi connectivity index (χ1v) is 13.3. The van der Waals surface area contributed by atoms with Crippen molar-refractivity contribution in [3.05, 3.63) is 98.1 Å². The molecule has 0 spiro atoms. The molecule has 1 aliphatic heterocycles. The van der Waals surface area contributed by atoms with Crippen LogP contribution in [0, 0.1) is 10.1 Å². The van der Waals surface area contributed by atoms with Crippen LogP contribution in [0.3, 0.4) is 0 Å². The molecule has 0 fully saturated rings. The molecule has 9 nitrogen and oxygen atoms in total. The number of phenols is 1. The summed E-state index contributed by atoms with van der Waals surface area (Å²) in [5.74, 6) is -0.458. The fourth-order valence-electron chi connectivity index (χ4n) is 4.20. The van der Waals surface area contributed by atoms with Gasteiger partial charge in [-0.2, -0.15) is 0 Å². The number of hydrogen-bond donors (Lipinski definition) is 1. The molecule has 1 aliphatic rings. The van der Waals surface area contributed by atoms with Crippen LogP contribution in [0.5, 0.6) is 5.75 Å². The van der Waals surface area contributed by atoms with Crippen LogP contribution in [0.4, 0.5) is 5.69 Å². The predicted octanol–water partition coefficient (Wildman–Crippen LogP) is 4.13. The van der Waals surface area contributed by atoms with Crippen LogP contribution in [-0.2, 0) is 4.79 Å². The molecule has 1 aromatic heterocycles. The Kier molecular flexibility index (Phi) is 7.67. The highest BCUT2D eigenvalue weighted by atomic mass is 79.9. The van der Waals surface area contributed by atoms with Gasteiger partial charge in [0.1, 0.15) is 5.75 Å².